The molecule has 0 bridgehead atoms. The van der Waals surface area contributed by atoms with Crippen molar-refractivity contribution < 1.29 is 4.79 Å². The highest BCUT2D eigenvalue weighted by Crippen LogP contribution is 2.37. The molecule has 0 aromatic heterocycles. The first-order chi connectivity index (χ1) is 10.0. The van der Waals surface area contributed by atoms with E-state index in [1.54, 1.807) is 0 Å². The van der Waals surface area contributed by atoms with Crippen molar-refractivity contribution in [3.63, 3.8) is 0 Å². The van der Waals surface area contributed by atoms with Crippen LogP contribution in [0.2, 0.25) is 0 Å². The van der Waals surface area contributed by atoms with E-state index in [1.807, 2.05) is 0 Å². The van der Waals surface area contributed by atoms with E-state index in [-0.39, 0.29) is 11.9 Å². The Morgan fingerprint density at radius 2 is 1.76 bits per heavy atom. The van der Waals surface area contributed by atoms with Gasteiger partial charge in [0, 0.05) is 12.6 Å². The van der Waals surface area contributed by atoms with Crippen LogP contribution in [0.1, 0.15) is 58.3 Å². The van der Waals surface area contributed by atoms with Crippen LogP contribution in [0.25, 0.3) is 0 Å². The van der Waals surface area contributed by atoms with Crippen molar-refractivity contribution in [3.8, 4) is 0 Å². The third-order valence-electron chi connectivity index (χ3n) is 4.97. The lowest BCUT2D eigenvalue weighted by Crippen LogP contribution is -2.54. The van der Waals surface area contributed by atoms with Gasteiger partial charge in [-0.05, 0) is 45.7 Å². The molecule has 1 saturated carbocycles. The number of hydrogen-bond acceptors (Lipinski definition) is 3. The minimum absolute atomic E-state index is 0.0548. The van der Waals surface area contributed by atoms with E-state index in [2.05, 4.69) is 17.1 Å². The van der Waals surface area contributed by atoms with E-state index in [0.717, 1.165) is 45.3 Å². The molecule has 2 fully saturated rings. The molecule has 3 N–H and O–H groups in total. The summed E-state index contributed by atoms with van der Waals surface area (Å²) in [6, 6.07) is 0.156. The van der Waals surface area contributed by atoms with Crippen LogP contribution >= 0.6 is 12.2 Å². The number of piperidine rings is 1. The van der Waals surface area contributed by atoms with Crippen LogP contribution in [-0.4, -0.2) is 41.5 Å². The minimum Gasteiger partial charge on any atom is -0.392 e. The Hall–Kier alpha value is -0.680. The predicted octanol–water partition coefficient (Wildman–Crippen LogP) is 2.21. The average molecular weight is 311 g/mol. The quantitative estimate of drug-likeness (QED) is 0.764. The summed E-state index contributed by atoms with van der Waals surface area (Å²) in [6.45, 7) is 5.32. The number of hydrogen-bond donors (Lipinski definition) is 2. The van der Waals surface area contributed by atoms with Crippen molar-refractivity contribution in [2.45, 2.75) is 64.3 Å². The maximum atomic E-state index is 12.7. The van der Waals surface area contributed by atoms with E-state index in [1.165, 1.54) is 25.7 Å². The summed E-state index contributed by atoms with van der Waals surface area (Å²) in [4.78, 5) is 15.5. The van der Waals surface area contributed by atoms with Gasteiger partial charge in [-0.2, -0.15) is 0 Å². The van der Waals surface area contributed by atoms with Gasteiger partial charge in [0.25, 0.3) is 0 Å². The second kappa shape index (κ2) is 7.54. The number of nitrogens with two attached hydrogens (primary N) is 1. The standard InChI is InChI=1S/C16H29N3OS/c1-13(12-19-10-6-3-7-11-19)18-15(20)16(14(17)21)8-4-2-5-9-16/h13H,2-12H2,1H3,(H2,17,21)(H,18,20). The van der Waals surface area contributed by atoms with Crippen LogP contribution < -0.4 is 11.1 Å². The molecule has 0 spiro atoms. The highest BCUT2D eigenvalue weighted by Gasteiger charge is 2.42. The molecular weight excluding hydrogens is 282 g/mol. The number of rotatable bonds is 5. The zero-order valence-corrected chi connectivity index (χ0v) is 14.0. The van der Waals surface area contributed by atoms with Crippen LogP contribution in [0.5, 0.6) is 0 Å². The van der Waals surface area contributed by atoms with Gasteiger partial charge in [-0.3, -0.25) is 4.79 Å². The van der Waals surface area contributed by atoms with E-state index in [4.69, 9.17) is 18.0 Å². The third-order valence-corrected chi connectivity index (χ3v) is 5.36. The van der Waals surface area contributed by atoms with Gasteiger partial charge >= 0.3 is 0 Å². The van der Waals surface area contributed by atoms with Crippen LogP contribution in [0.4, 0.5) is 0 Å². The first-order valence-corrected chi connectivity index (χ1v) is 8.79. The molecule has 1 saturated heterocycles. The molecule has 1 aliphatic heterocycles. The zero-order chi connectivity index (χ0) is 15.3. The number of nitrogens with zero attached hydrogens (tertiary/aromatic N) is 1. The maximum absolute atomic E-state index is 12.7. The summed E-state index contributed by atoms with van der Waals surface area (Å²) in [7, 11) is 0. The normalized spacial score (nSPS) is 24.2. The first kappa shape index (κ1) is 16.7. The highest BCUT2D eigenvalue weighted by molar-refractivity contribution is 7.80. The predicted molar refractivity (Wildman–Crippen MR) is 90.2 cm³/mol. The fourth-order valence-corrected chi connectivity index (χ4v) is 3.97. The number of thiocarbonyl (C=S) groups is 1. The molecule has 2 aliphatic rings. The molecule has 1 aliphatic carbocycles. The SMILES string of the molecule is CC(CN1CCCCC1)NC(=O)C1(C(N)=S)CCCCC1. The van der Waals surface area contributed by atoms with E-state index in [9.17, 15) is 4.79 Å². The second-order valence-corrected chi connectivity index (χ2v) is 7.18. The zero-order valence-electron chi connectivity index (χ0n) is 13.2. The lowest BCUT2D eigenvalue weighted by molar-refractivity contribution is -0.129. The molecule has 1 amide bonds. The Labute approximate surface area is 133 Å². The van der Waals surface area contributed by atoms with Crippen molar-refractivity contribution in [1.29, 1.82) is 0 Å². The molecule has 21 heavy (non-hydrogen) atoms. The van der Waals surface area contributed by atoms with Gasteiger partial charge in [-0.15, -0.1) is 0 Å². The maximum Gasteiger partial charge on any atom is 0.233 e. The summed E-state index contributed by atoms with van der Waals surface area (Å²) >= 11 is 5.22. The third kappa shape index (κ3) is 4.16. The minimum atomic E-state index is -0.594. The van der Waals surface area contributed by atoms with Crippen LogP contribution in [0.3, 0.4) is 0 Å². The van der Waals surface area contributed by atoms with Gasteiger partial charge < -0.3 is 16.0 Å². The fourth-order valence-electron chi connectivity index (χ4n) is 3.68. The van der Waals surface area contributed by atoms with Gasteiger partial charge in [0.1, 0.15) is 0 Å². The molecule has 0 aromatic rings. The van der Waals surface area contributed by atoms with Crippen molar-refractivity contribution in [2.75, 3.05) is 19.6 Å². The molecular formula is C16H29N3OS. The molecule has 120 valence electrons. The largest absolute Gasteiger partial charge is 0.392 e. The lowest BCUT2D eigenvalue weighted by Gasteiger charge is -2.36. The van der Waals surface area contributed by atoms with Crippen LogP contribution in [0, 0.1) is 5.41 Å². The van der Waals surface area contributed by atoms with Gasteiger partial charge in [0.15, 0.2) is 0 Å². The van der Waals surface area contributed by atoms with Gasteiger partial charge in [0.05, 0.1) is 10.4 Å². The Morgan fingerprint density at radius 3 is 2.33 bits per heavy atom. The van der Waals surface area contributed by atoms with Gasteiger partial charge in [-0.25, -0.2) is 0 Å². The Bertz CT molecular complexity index is 374. The van der Waals surface area contributed by atoms with Crippen molar-refractivity contribution in [1.82, 2.24) is 10.2 Å². The molecule has 5 heteroatoms. The fraction of sp³-hybridized carbons (Fsp3) is 0.875. The Kier molecular flexibility index (Phi) is 5.99. The molecule has 1 heterocycles. The second-order valence-electron chi connectivity index (χ2n) is 6.74. The highest BCUT2D eigenvalue weighted by atomic mass is 32.1. The van der Waals surface area contributed by atoms with E-state index in [0.29, 0.717) is 4.99 Å². The van der Waals surface area contributed by atoms with E-state index >= 15 is 0 Å². The smallest absolute Gasteiger partial charge is 0.233 e. The van der Waals surface area contributed by atoms with Crippen LogP contribution in [-0.2, 0) is 4.79 Å². The summed E-state index contributed by atoms with van der Waals surface area (Å²) < 4.78 is 0. The lowest BCUT2D eigenvalue weighted by atomic mass is 9.73. The number of carbonyl (C=O) groups is 1. The molecule has 0 aromatic carbocycles. The molecule has 0 radical (unpaired) electrons. The van der Waals surface area contributed by atoms with Crippen molar-refractivity contribution >= 4 is 23.1 Å². The van der Waals surface area contributed by atoms with Crippen molar-refractivity contribution in [3.05, 3.63) is 0 Å². The van der Waals surface area contributed by atoms with Crippen molar-refractivity contribution in [2.24, 2.45) is 11.1 Å². The Balaban J connectivity index is 1.90. The number of nitrogens with one attached hydrogen (secondary N) is 1. The average Bonchev–Trinajstić information content (AvgIpc) is 2.48. The van der Waals surface area contributed by atoms with Gasteiger partial charge in [-0.1, -0.05) is 37.9 Å². The Morgan fingerprint density at radius 1 is 1.19 bits per heavy atom. The number of carbonyl (C=O) groups excluding carboxylic acids is 1. The molecule has 1 atom stereocenters. The monoisotopic (exact) mass is 311 g/mol. The van der Waals surface area contributed by atoms with E-state index < -0.39 is 5.41 Å². The summed E-state index contributed by atoms with van der Waals surface area (Å²) in [6.07, 6.45) is 8.78. The molecule has 1 unspecified atom stereocenters. The number of likely N-dealkylation sites (tertiary alicyclic amines) is 1. The first-order valence-electron chi connectivity index (χ1n) is 8.38. The summed E-state index contributed by atoms with van der Waals surface area (Å²) in [5, 5.41) is 3.17. The summed E-state index contributed by atoms with van der Waals surface area (Å²) in [5.74, 6) is 0.0548. The molecule has 2 rings (SSSR count). The van der Waals surface area contributed by atoms with Crippen LogP contribution in [0.15, 0.2) is 0 Å². The summed E-state index contributed by atoms with van der Waals surface area (Å²) in [5.41, 5.74) is 5.33. The van der Waals surface area contributed by atoms with Gasteiger partial charge in [0.2, 0.25) is 5.91 Å². The molecule has 4 nitrogen and oxygen atoms in total. The number of amides is 1. The topological polar surface area (TPSA) is 58.4 Å².